The number of hydrogen-bond donors (Lipinski definition) is 1. The molecule has 4 rings (SSSR count). The van der Waals surface area contributed by atoms with Crippen molar-refractivity contribution in [3.63, 3.8) is 0 Å². The van der Waals surface area contributed by atoms with Gasteiger partial charge in [-0.15, -0.1) is 0 Å². The maximum Gasteiger partial charge on any atom is 0.118 e. The Bertz CT molecular complexity index is 821. The molecule has 0 saturated heterocycles. The molecule has 0 aliphatic heterocycles. The van der Waals surface area contributed by atoms with Crippen LogP contribution in [-0.4, -0.2) is 10.1 Å². The fraction of sp³-hybridized carbons (Fsp3) is 0.278. The second-order valence-electron chi connectivity index (χ2n) is 5.83. The largest absolute Gasteiger partial charge is 0.469 e. The van der Waals surface area contributed by atoms with E-state index < -0.39 is 5.60 Å². The van der Waals surface area contributed by atoms with Crippen molar-refractivity contribution in [3.05, 3.63) is 65.2 Å². The number of pyridine rings is 1. The molecule has 21 heavy (non-hydrogen) atoms. The van der Waals surface area contributed by atoms with Crippen LogP contribution in [0.3, 0.4) is 0 Å². The number of aliphatic hydroxyl groups is 1. The maximum atomic E-state index is 11.2. The number of nitrogens with zero attached hydrogens (tertiary/aromatic N) is 1. The molecule has 0 spiro atoms. The lowest BCUT2D eigenvalue weighted by Crippen LogP contribution is -2.30. The average molecular weight is 279 g/mol. The molecule has 0 bridgehead atoms. The molecule has 0 fully saturated rings. The van der Waals surface area contributed by atoms with Crippen molar-refractivity contribution < 1.29 is 9.52 Å². The number of aromatic nitrogens is 1. The molecule has 3 heteroatoms. The first kappa shape index (κ1) is 12.6. The predicted octanol–water partition coefficient (Wildman–Crippen LogP) is 3.71. The molecule has 1 aliphatic carbocycles. The first-order valence-electron chi connectivity index (χ1n) is 7.34. The minimum absolute atomic E-state index is 0.727. The summed E-state index contributed by atoms with van der Waals surface area (Å²) in [6, 6.07) is 12.0. The topological polar surface area (TPSA) is 46.3 Å². The van der Waals surface area contributed by atoms with Crippen LogP contribution in [0.25, 0.3) is 10.9 Å². The average Bonchev–Trinajstić information content (AvgIpc) is 2.97. The summed E-state index contributed by atoms with van der Waals surface area (Å²) in [6.45, 7) is 1.99. The third-order valence-electron chi connectivity index (χ3n) is 4.44. The van der Waals surface area contributed by atoms with E-state index in [0.29, 0.717) is 0 Å². The lowest BCUT2D eigenvalue weighted by atomic mass is 9.78. The van der Waals surface area contributed by atoms with E-state index in [4.69, 9.17) is 4.42 Å². The lowest BCUT2D eigenvalue weighted by molar-refractivity contribution is 0.0591. The Kier molecular flexibility index (Phi) is 2.66. The first-order chi connectivity index (χ1) is 10.2. The van der Waals surface area contributed by atoms with Gasteiger partial charge in [-0.2, -0.15) is 0 Å². The van der Waals surface area contributed by atoms with E-state index >= 15 is 0 Å². The van der Waals surface area contributed by atoms with Crippen LogP contribution in [-0.2, 0) is 12.0 Å². The van der Waals surface area contributed by atoms with Crippen molar-refractivity contribution in [1.29, 1.82) is 0 Å². The van der Waals surface area contributed by atoms with Crippen molar-refractivity contribution in [1.82, 2.24) is 4.98 Å². The molecule has 1 aliphatic rings. The molecule has 2 heterocycles. The standard InChI is InChI=1S/C18H17NO2/c1-12-4-5-13-11-14(6-7-16(13)19-12)18(20)9-2-3-17-15(18)8-10-21-17/h4-8,10-11,20H,2-3,9H2,1H3. The molecule has 2 aromatic heterocycles. The number of rotatable bonds is 1. The summed E-state index contributed by atoms with van der Waals surface area (Å²) in [5, 5.41) is 12.3. The van der Waals surface area contributed by atoms with Crippen LogP contribution in [0.5, 0.6) is 0 Å². The van der Waals surface area contributed by atoms with E-state index in [2.05, 4.69) is 11.1 Å². The molecule has 3 nitrogen and oxygen atoms in total. The molecule has 1 N–H and O–H groups in total. The van der Waals surface area contributed by atoms with Crippen LogP contribution >= 0.6 is 0 Å². The summed E-state index contributed by atoms with van der Waals surface area (Å²) in [5.41, 5.74) is 2.85. The molecular weight excluding hydrogens is 262 g/mol. The number of fused-ring (bicyclic) bond motifs is 2. The fourth-order valence-electron chi connectivity index (χ4n) is 3.33. The molecule has 1 aromatic carbocycles. The van der Waals surface area contributed by atoms with Gasteiger partial charge in [-0.05, 0) is 49.6 Å². The zero-order valence-electron chi connectivity index (χ0n) is 12.0. The Morgan fingerprint density at radius 3 is 3.00 bits per heavy atom. The highest BCUT2D eigenvalue weighted by Gasteiger charge is 2.37. The minimum Gasteiger partial charge on any atom is -0.469 e. The second-order valence-corrected chi connectivity index (χ2v) is 5.83. The molecule has 106 valence electrons. The first-order valence-corrected chi connectivity index (χ1v) is 7.34. The smallest absolute Gasteiger partial charge is 0.118 e. The lowest BCUT2D eigenvalue weighted by Gasteiger charge is -2.32. The zero-order valence-corrected chi connectivity index (χ0v) is 12.0. The number of furan rings is 1. The summed E-state index contributed by atoms with van der Waals surface area (Å²) in [6.07, 6.45) is 4.23. The van der Waals surface area contributed by atoms with Gasteiger partial charge < -0.3 is 9.52 Å². The molecule has 0 amide bonds. The summed E-state index contributed by atoms with van der Waals surface area (Å²) < 4.78 is 5.50. The molecular formula is C18H17NO2. The highest BCUT2D eigenvalue weighted by molar-refractivity contribution is 5.79. The molecule has 0 radical (unpaired) electrons. The van der Waals surface area contributed by atoms with Crippen LogP contribution < -0.4 is 0 Å². The van der Waals surface area contributed by atoms with E-state index in [1.165, 1.54) is 0 Å². The number of benzene rings is 1. The van der Waals surface area contributed by atoms with Gasteiger partial charge in [0, 0.05) is 23.1 Å². The van der Waals surface area contributed by atoms with E-state index in [1.54, 1.807) is 6.26 Å². The zero-order chi connectivity index (χ0) is 14.4. The van der Waals surface area contributed by atoms with Crippen LogP contribution in [0.2, 0.25) is 0 Å². The van der Waals surface area contributed by atoms with Gasteiger partial charge in [0.15, 0.2) is 0 Å². The molecule has 1 atom stereocenters. The molecule has 3 aromatic rings. The Morgan fingerprint density at radius 1 is 1.19 bits per heavy atom. The quantitative estimate of drug-likeness (QED) is 0.738. The monoisotopic (exact) mass is 279 g/mol. The Hall–Kier alpha value is -2.13. The summed E-state index contributed by atoms with van der Waals surface area (Å²) in [5.74, 6) is 0.908. The third-order valence-corrected chi connectivity index (χ3v) is 4.44. The van der Waals surface area contributed by atoms with Gasteiger partial charge in [-0.25, -0.2) is 0 Å². The fourth-order valence-corrected chi connectivity index (χ4v) is 3.33. The van der Waals surface area contributed by atoms with Crippen molar-refractivity contribution >= 4 is 10.9 Å². The Balaban J connectivity index is 1.89. The van der Waals surface area contributed by atoms with E-state index in [1.807, 2.05) is 37.3 Å². The third kappa shape index (κ3) is 1.88. The highest BCUT2D eigenvalue weighted by atomic mass is 16.3. The van der Waals surface area contributed by atoms with Gasteiger partial charge in [-0.1, -0.05) is 12.1 Å². The van der Waals surface area contributed by atoms with Crippen LogP contribution in [0.15, 0.2) is 47.1 Å². The number of hydrogen-bond acceptors (Lipinski definition) is 3. The van der Waals surface area contributed by atoms with Gasteiger partial charge in [-0.3, -0.25) is 4.98 Å². The van der Waals surface area contributed by atoms with Gasteiger partial charge in [0.05, 0.1) is 11.8 Å². The SMILES string of the molecule is Cc1ccc2cc(C3(O)CCCc4occc43)ccc2n1. The van der Waals surface area contributed by atoms with Gasteiger partial charge in [0.1, 0.15) is 11.4 Å². The van der Waals surface area contributed by atoms with E-state index in [9.17, 15) is 5.11 Å². The van der Waals surface area contributed by atoms with E-state index in [-0.39, 0.29) is 0 Å². The minimum atomic E-state index is -0.945. The Morgan fingerprint density at radius 2 is 2.10 bits per heavy atom. The van der Waals surface area contributed by atoms with Crippen LogP contribution in [0.1, 0.15) is 35.4 Å². The van der Waals surface area contributed by atoms with Gasteiger partial charge in [0.2, 0.25) is 0 Å². The van der Waals surface area contributed by atoms with Crippen LogP contribution in [0.4, 0.5) is 0 Å². The predicted molar refractivity (Wildman–Crippen MR) is 81.1 cm³/mol. The van der Waals surface area contributed by atoms with Crippen molar-refractivity contribution in [2.75, 3.05) is 0 Å². The summed E-state index contributed by atoms with van der Waals surface area (Å²) >= 11 is 0. The van der Waals surface area contributed by atoms with Gasteiger partial charge >= 0.3 is 0 Å². The normalized spacial score (nSPS) is 21.4. The van der Waals surface area contributed by atoms with Gasteiger partial charge in [0.25, 0.3) is 0 Å². The maximum absolute atomic E-state index is 11.2. The van der Waals surface area contributed by atoms with E-state index in [0.717, 1.165) is 52.7 Å². The molecule has 0 saturated carbocycles. The Labute approximate surface area is 123 Å². The summed E-state index contributed by atoms with van der Waals surface area (Å²) in [4.78, 5) is 4.52. The van der Waals surface area contributed by atoms with Crippen molar-refractivity contribution in [3.8, 4) is 0 Å². The van der Waals surface area contributed by atoms with Crippen LogP contribution in [0, 0.1) is 6.92 Å². The summed E-state index contributed by atoms with van der Waals surface area (Å²) in [7, 11) is 0. The highest BCUT2D eigenvalue weighted by Crippen LogP contribution is 2.41. The van der Waals surface area contributed by atoms with Crippen molar-refractivity contribution in [2.45, 2.75) is 31.8 Å². The molecule has 1 unspecified atom stereocenters. The number of aryl methyl sites for hydroxylation is 2. The van der Waals surface area contributed by atoms with Crippen molar-refractivity contribution in [2.24, 2.45) is 0 Å². The second kappa shape index (κ2) is 4.43.